The highest BCUT2D eigenvalue weighted by molar-refractivity contribution is 9.11. The van der Waals surface area contributed by atoms with Crippen LogP contribution in [0.4, 0.5) is 0 Å². The Morgan fingerprint density at radius 1 is 0.788 bits per heavy atom. The van der Waals surface area contributed by atoms with Crippen molar-refractivity contribution in [2.75, 3.05) is 0 Å². The molecule has 0 radical (unpaired) electrons. The molecule has 0 aromatic heterocycles. The Balaban J connectivity index is 2.89. The van der Waals surface area contributed by atoms with Crippen LogP contribution in [0.1, 0.15) is 31.9 Å². The molecule has 2 rings (SSSR count). The van der Waals surface area contributed by atoms with Crippen LogP contribution in [0.25, 0.3) is 0 Å². The zero-order valence-electron chi connectivity index (χ0n) is 17.8. The molecule has 0 amide bonds. The number of phenolic OH excluding ortho intramolecular Hbond substituents is 2. The van der Waals surface area contributed by atoms with Gasteiger partial charge in [0, 0.05) is 11.1 Å². The van der Waals surface area contributed by atoms with Crippen molar-refractivity contribution in [1.82, 2.24) is 0 Å². The van der Waals surface area contributed by atoms with E-state index in [1.54, 1.807) is 31.2 Å². The molecule has 2 aromatic rings. The molecule has 0 spiro atoms. The lowest BCUT2D eigenvalue weighted by Gasteiger charge is -2.37. The van der Waals surface area contributed by atoms with Crippen LogP contribution in [0.2, 0.25) is 0 Å². The standard InChI is InChI=1S/C23H20Br4O6/c1-10(2)20(30)32-22(33-21(31)11(3)4)23(5,12-6-14(24)18(28)15(25)7-12)13-8-16(26)19(29)17(27)9-13/h6-9,22,28-29H,1,3H2,2,4-5H3. The van der Waals surface area contributed by atoms with Gasteiger partial charge in [0.2, 0.25) is 0 Å². The van der Waals surface area contributed by atoms with E-state index >= 15 is 0 Å². The predicted molar refractivity (Wildman–Crippen MR) is 139 cm³/mol. The number of rotatable bonds is 7. The topological polar surface area (TPSA) is 93.1 Å². The van der Waals surface area contributed by atoms with E-state index in [9.17, 15) is 19.8 Å². The van der Waals surface area contributed by atoms with Crippen LogP contribution in [0.5, 0.6) is 11.5 Å². The smallest absolute Gasteiger partial charge is 0.336 e. The molecule has 0 saturated carbocycles. The number of halogens is 4. The Labute approximate surface area is 225 Å². The number of esters is 2. The number of hydrogen-bond donors (Lipinski definition) is 2. The van der Waals surface area contributed by atoms with Gasteiger partial charge in [-0.25, -0.2) is 9.59 Å². The minimum absolute atomic E-state index is 0.0384. The third-order valence-electron chi connectivity index (χ3n) is 4.83. The molecule has 0 aliphatic heterocycles. The maximum absolute atomic E-state index is 12.5. The molecule has 33 heavy (non-hydrogen) atoms. The van der Waals surface area contributed by atoms with E-state index in [-0.39, 0.29) is 22.6 Å². The second-order valence-corrected chi connectivity index (χ2v) is 10.9. The molecule has 0 saturated heterocycles. The van der Waals surface area contributed by atoms with Crippen molar-refractivity contribution in [2.24, 2.45) is 0 Å². The zero-order valence-corrected chi connectivity index (χ0v) is 24.2. The average Bonchev–Trinajstić information content (AvgIpc) is 2.73. The monoisotopic (exact) mass is 708 g/mol. The molecule has 6 nitrogen and oxygen atoms in total. The summed E-state index contributed by atoms with van der Waals surface area (Å²) in [5.41, 5.74) is -0.0897. The van der Waals surface area contributed by atoms with Gasteiger partial charge < -0.3 is 19.7 Å². The minimum Gasteiger partial charge on any atom is -0.506 e. The van der Waals surface area contributed by atoms with Crippen molar-refractivity contribution in [3.05, 3.63) is 77.6 Å². The van der Waals surface area contributed by atoms with Gasteiger partial charge in [0.15, 0.2) is 0 Å². The molecule has 0 aliphatic rings. The molecule has 0 atom stereocenters. The van der Waals surface area contributed by atoms with E-state index in [4.69, 9.17) is 9.47 Å². The van der Waals surface area contributed by atoms with Crippen molar-refractivity contribution < 1.29 is 29.3 Å². The third kappa shape index (κ3) is 5.90. The van der Waals surface area contributed by atoms with Gasteiger partial charge in [-0.1, -0.05) is 13.2 Å². The molecule has 176 valence electrons. The lowest BCUT2D eigenvalue weighted by molar-refractivity contribution is -0.192. The van der Waals surface area contributed by atoms with Crippen LogP contribution in [-0.2, 0) is 24.5 Å². The normalized spacial score (nSPS) is 11.3. The van der Waals surface area contributed by atoms with E-state index < -0.39 is 23.6 Å². The van der Waals surface area contributed by atoms with Gasteiger partial charge in [0.1, 0.15) is 11.5 Å². The molecule has 0 heterocycles. The summed E-state index contributed by atoms with van der Waals surface area (Å²) in [7, 11) is 0. The van der Waals surface area contributed by atoms with Gasteiger partial charge in [-0.3, -0.25) is 0 Å². The highest BCUT2D eigenvalue weighted by atomic mass is 79.9. The lowest BCUT2D eigenvalue weighted by atomic mass is 9.75. The molecule has 2 aromatic carbocycles. The number of benzene rings is 2. The molecule has 10 heteroatoms. The largest absolute Gasteiger partial charge is 0.506 e. The Morgan fingerprint density at radius 2 is 1.06 bits per heavy atom. The molecular formula is C23H20Br4O6. The summed E-state index contributed by atoms with van der Waals surface area (Å²) in [4.78, 5) is 25.1. The van der Waals surface area contributed by atoms with E-state index in [1.807, 2.05) is 0 Å². The zero-order chi connectivity index (χ0) is 25.2. The fourth-order valence-corrected chi connectivity index (χ4v) is 5.20. The first kappa shape index (κ1) is 27.6. The first-order chi connectivity index (χ1) is 15.2. The first-order valence-corrected chi connectivity index (χ1v) is 12.5. The van der Waals surface area contributed by atoms with Gasteiger partial charge in [0.25, 0.3) is 6.29 Å². The summed E-state index contributed by atoms with van der Waals surface area (Å²) < 4.78 is 12.6. The summed E-state index contributed by atoms with van der Waals surface area (Å²) in [5.74, 6) is -1.61. The second-order valence-electron chi connectivity index (χ2n) is 7.48. The van der Waals surface area contributed by atoms with Crippen LogP contribution < -0.4 is 0 Å². The number of carbonyl (C=O) groups excluding carboxylic acids is 2. The summed E-state index contributed by atoms with van der Waals surface area (Å²) in [5, 5.41) is 20.5. The van der Waals surface area contributed by atoms with Crippen molar-refractivity contribution in [3.63, 3.8) is 0 Å². The van der Waals surface area contributed by atoms with Crippen LogP contribution in [0.15, 0.2) is 66.5 Å². The predicted octanol–water partition coefficient (Wildman–Crippen LogP) is 7.02. The average molecular weight is 712 g/mol. The molecule has 0 unspecified atom stereocenters. The Kier molecular flexibility index (Phi) is 9.00. The molecule has 0 bridgehead atoms. The number of carbonyl (C=O) groups is 2. The Hall–Kier alpha value is -1.62. The van der Waals surface area contributed by atoms with Crippen molar-refractivity contribution in [2.45, 2.75) is 32.5 Å². The highest BCUT2D eigenvalue weighted by Gasteiger charge is 2.45. The van der Waals surface area contributed by atoms with E-state index in [0.717, 1.165) is 0 Å². The van der Waals surface area contributed by atoms with Crippen molar-refractivity contribution >= 4 is 75.7 Å². The van der Waals surface area contributed by atoms with Crippen LogP contribution >= 0.6 is 63.7 Å². The van der Waals surface area contributed by atoms with Crippen molar-refractivity contribution in [3.8, 4) is 11.5 Å². The summed E-state index contributed by atoms with van der Waals surface area (Å²) in [6.07, 6.45) is -1.47. The van der Waals surface area contributed by atoms with Crippen molar-refractivity contribution in [1.29, 1.82) is 0 Å². The quantitative estimate of drug-likeness (QED) is 0.182. The van der Waals surface area contributed by atoms with Gasteiger partial charge in [0.05, 0.1) is 23.3 Å². The maximum Gasteiger partial charge on any atom is 0.336 e. The highest BCUT2D eigenvalue weighted by Crippen LogP contribution is 2.46. The number of phenols is 2. The Morgan fingerprint density at radius 3 is 1.30 bits per heavy atom. The minimum atomic E-state index is -1.47. The summed E-state index contributed by atoms with van der Waals surface area (Å²) >= 11 is 13.3. The molecular weight excluding hydrogens is 692 g/mol. The summed E-state index contributed by atoms with van der Waals surface area (Å²) in [6.45, 7) is 11.8. The number of ether oxygens (including phenoxy) is 2. The summed E-state index contributed by atoms with van der Waals surface area (Å²) in [6, 6.07) is 6.46. The molecule has 0 fully saturated rings. The third-order valence-corrected chi connectivity index (χ3v) is 7.25. The second kappa shape index (κ2) is 10.8. The van der Waals surface area contributed by atoms with Crippen LogP contribution in [0.3, 0.4) is 0 Å². The number of hydrogen-bond acceptors (Lipinski definition) is 6. The van der Waals surface area contributed by atoms with Gasteiger partial charge in [-0.2, -0.15) is 0 Å². The first-order valence-electron chi connectivity index (χ1n) is 9.30. The SMILES string of the molecule is C=C(C)C(=O)OC(OC(=O)C(=C)C)C(C)(c1cc(Br)c(O)c(Br)c1)c1cc(Br)c(O)c(Br)c1. The van der Waals surface area contributed by atoms with Gasteiger partial charge in [-0.05, 0) is 120 Å². The molecule has 0 aliphatic carbocycles. The fraction of sp³-hybridized carbons (Fsp3) is 0.217. The van der Waals surface area contributed by atoms with E-state index in [1.165, 1.54) is 13.8 Å². The maximum atomic E-state index is 12.5. The van der Waals surface area contributed by atoms with Gasteiger partial charge in [-0.15, -0.1) is 0 Å². The van der Waals surface area contributed by atoms with E-state index in [2.05, 4.69) is 76.9 Å². The fourth-order valence-electron chi connectivity index (χ4n) is 2.82. The molecule has 2 N–H and O–H groups in total. The lowest BCUT2D eigenvalue weighted by Crippen LogP contribution is -2.44. The van der Waals surface area contributed by atoms with Crippen LogP contribution in [-0.4, -0.2) is 28.4 Å². The van der Waals surface area contributed by atoms with Crippen LogP contribution in [0, 0.1) is 0 Å². The van der Waals surface area contributed by atoms with Gasteiger partial charge >= 0.3 is 11.9 Å². The van der Waals surface area contributed by atoms with E-state index in [0.29, 0.717) is 29.0 Å². The Bertz CT molecular complexity index is 1030. The number of aromatic hydroxyl groups is 2.